The van der Waals surface area contributed by atoms with Crippen molar-refractivity contribution in [2.75, 3.05) is 0 Å². The van der Waals surface area contributed by atoms with E-state index in [0.717, 1.165) is 16.0 Å². The maximum absolute atomic E-state index is 13.1. The first-order valence-electron chi connectivity index (χ1n) is 11.4. The van der Waals surface area contributed by atoms with Crippen LogP contribution in [0.1, 0.15) is 23.6 Å². The maximum atomic E-state index is 13.1. The molecule has 0 saturated heterocycles. The summed E-state index contributed by atoms with van der Waals surface area (Å²) in [7, 11) is 0. The predicted molar refractivity (Wildman–Crippen MR) is 137 cm³/mol. The first-order valence-corrected chi connectivity index (χ1v) is 12.2. The standard InChI is InChI=1S/C26H21Cl2N5O4/c27-22-21-23(31-24(28)30-22)32(16-29-21)19-11-12-20(13-19)33(25(34)36-14-17-7-3-1-4-8-17)26(35)37-15-18-9-5-2-6-10-18/h1-12,16,19-20H,13-15H2/t19-,20+/m0/s1. The minimum absolute atomic E-state index is 0.00613. The second-order valence-electron chi connectivity index (χ2n) is 8.31. The monoisotopic (exact) mass is 537 g/mol. The number of carbonyl (C=O) groups excluding carboxylic acids is 2. The van der Waals surface area contributed by atoms with Gasteiger partial charge in [0.15, 0.2) is 10.8 Å². The van der Waals surface area contributed by atoms with Crippen molar-refractivity contribution in [2.24, 2.45) is 0 Å². The van der Waals surface area contributed by atoms with Crippen LogP contribution in [0.15, 0.2) is 79.1 Å². The van der Waals surface area contributed by atoms with Gasteiger partial charge in [-0.15, -0.1) is 0 Å². The number of nitrogens with zero attached hydrogens (tertiary/aromatic N) is 5. The van der Waals surface area contributed by atoms with Gasteiger partial charge in [0.1, 0.15) is 18.7 Å². The van der Waals surface area contributed by atoms with Crippen molar-refractivity contribution >= 4 is 46.6 Å². The molecule has 2 heterocycles. The number of carbonyl (C=O) groups is 2. The van der Waals surface area contributed by atoms with Crippen LogP contribution in [0.3, 0.4) is 0 Å². The molecule has 37 heavy (non-hydrogen) atoms. The highest BCUT2D eigenvalue weighted by Crippen LogP contribution is 2.31. The van der Waals surface area contributed by atoms with Crippen LogP contribution < -0.4 is 0 Å². The molecule has 188 valence electrons. The van der Waals surface area contributed by atoms with Crippen molar-refractivity contribution in [1.82, 2.24) is 24.4 Å². The van der Waals surface area contributed by atoms with Gasteiger partial charge in [-0.3, -0.25) is 0 Å². The van der Waals surface area contributed by atoms with Gasteiger partial charge in [0, 0.05) is 0 Å². The molecule has 1 aliphatic carbocycles. The van der Waals surface area contributed by atoms with Crippen LogP contribution in [0.5, 0.6) is 0 Å². The number of imidazole rings is 1. The van der Waals surface area contributed by atoms with E-state index in [0.29, 0.717) is 17.6 Å². The predicted octanol–water partition coefficient (Wildman–Crippen LogP) is 5.98. The highest BCUT2D eigenvalue weighted by Gasteiger charge is 2.36. The zero-order chi connectivity index (χ0) is 25.8. The third-order valence-corrected chi connectivity index (χ3v) is 6.32. The average molecular weight is 538 g/mol. The summed E-state index contributed by atoms with van der Waals surface area (Å²) in [6.07, 6.45) is 3.94. The Morgan fingerprint density at radius 3 is 2.08 bits per heavy atom. The highest BCUT2D eigenvalue weighted by atomic mass is 35.5. The van der Waals surface area contributed by atoms with Crippen LogP contribution in [-0.2, 0) is 22.7 Å². The average Bonchev–Trinajstić information content (AvgIpc) is 3.55. The first-order chi connectivity index (χ1) is 18.0. The fourth-order valence-corrected chi connectivity index (χ4v) is 4.50. The zero-order valence-electron chi connectivity index (χ0n) is 19.4. The third kappa shape index (κ3) is 5.58. The quantitative estimate of drug-likeness (QED) is 0.169. The molecule has 2 aromatic carbocycles. The molecule has 9 nitrogen and oxygen atoms in total. The number of aromatic nitrogens is 4. The van der Waals surface area contributed by atoms with E-state index < -0.39 is 18.2 Å². The normalized spacial score (nSPS) is 16.6. The molecule has 5 rings (SSSR count). The lowest BCUT2D eigenvalue weighted by Crippen LogP contribution is -2.44. The Balaban J connectivity index is 1.35. The van der Waals surface area contributed by atoms with E-state index in [2.05, 4.69) is 15.0 Å². The van der Waals surface area contributed by atoms with Gasteiger partial charge in [-0.1, -0.05) is 84.4 Å². The van der Waals surface area contributed by atoms with Crippen molar-refractivity contribution in [1.29, 1.82) is 0 Å². The number of rotatable bonds is 6. The lowest BCUT2D eigenvalue weighted by Gasteiger charge is -2.25. The van der Waals surface area contributed by atoms with Gasteiger partial charge < -0.3 is 14.0 Å². The van der Waals surface area contributed by atoms with Crippen molar-refractivity contribution in [2.45, 2.75) is 31.7 Å². The molecule has 2 atom stereocenters. The molecule has 2 amide bonds. The molecule has 1 aliphatic rings. The van der Waals surface area contributed by atoms with Crippen molar-refractivity contribution in [3.63, 3.8) is 0 Å². The van der Waals surface area contributed by atoms with E-state index in [4.69, 9.17) is 32.7 Å². The molecule has 4 aromatic rings. The zero-order valence-corrected chi connectivity index (χ0v) is 20.9. The SMILES string of the molecule is O=C(OCc1ccccc1)N(C(=O)OCc1ccccc1)[C@@H]1C=C[C@H](n2cnc3c(Cl)nc(Cl)nc32)C1. The van der Waals surface area contributed by atoms with E-state index in [1.54, 1.807) is 17.0 Å². The molecule has 0 aliphatic heterocycles. The van der Waals surface area contributed by atoms with Crippen LogP contribution in [0.25, 0.3) is 11.2 Å². The topological polar surface area (TPSA) is 99.4 Å². The summed E-state index contributed by atoms with van der Waals surface area (Å²) in [5.41, 5.74) is 2.45. The number of hydrogen-bond acceptors (Lipinski definition) is 7. The number of benzene rings is 2. The van der Waals surface area contributed by atoms with Gasteiger partial charge in [-0.25, -0.2) is 24.5 Å². The van der Waals surface area contributed by atoms with Gasteiger partial charge in [0.25, 0.3) is 0 Å². The first kappa shape index (κ1) is 24.7. The molecule has 0 radical (unpaired) electrons. The van der Waals surface area contributed by atoms with Crippen LogP contribution in [-0.4, -0.2) is 42.6 Å². The third-order valence-electron chi connectivity index (χ3n) is 5.88. The number of hydrogen-bond donors (Lipinski definition) is 0. The number of allylic oxidation sites excluding steroid dienone is 1. The Hall–Kier alpha value is -3.95. The van der Waals surface area contributed by atoms with Crippen LogP contribution >= 0.6 is 23.2 Å². The molecule has 0 spiro atoms. The number of imide groups is 1. The molecule has 0 bridgehead atoms. The Kier molecular flexibility index (Phi) is 7.34. The molecule has 0 N–H and O–H groups in total. The van der Waals surface area contributed by atoms with Crippen LogP contribution in [0.4, 0.5) is 9.59 Å². The summed E-state index contributed by atoms with van der Waals surface area (Å²) in [4.78, 5) is 39.7. The molecular formula is C26H21Cl2N5O4. The van der Waals surface area contributed by atoms with E-state index in [1.165, 1.54) is 0 Å². The fraction of sp³-hybridized carbons (Fsp3) is 0.192. The van der Waals surface area contributed by atoms with Crippen molar-refractivity contribution in [3.8, 4) is 0 Å². The Labute approximate surface area is 222 Å². The van der Waals surface area contributed by atoms with Crippen molar-refractivity contribution < 1.29 is 19.1 Å². The van der Waals surface area contributed by atoms with Gasteiger partial charge in [0.05, 0.1) is 18.4 Å². The van der Waals surface area contributed by atoms with Gasteiger partial charge in [0.2, 0.25) is 5.28 Å². The number of ether oxygens (including phenoxy) is 2. The lowest BCUT2D eigenvalue weighted by molar-refractivity contribution is 0.0612. The van der Waals surface area contributed by atoms with Gasteiger partial charge >= 0.3 is 12.2 Å². The van der Waals surface area contributed by atoms with Crippen LogP contribution in [0, 0.1) is 0 Å². The summed E-state index contributed by atoms with van der Waals surface area (Å²) < 4.78 is 12.7. The largest absolute Gasteiger partial charge is 0.444 e. The summed E-state index contributed by atoms with van der Waals surface area (Å²) >= 11 is 12.2. The Morgan fingerprint density at radius 2 is 1.49 bits per heavy atom. The Morgan fingerprint density at radius 1 is 0.892 bits per heavy atom. The molecule has 0 saturated carbocycles. The van der Waals surface area contributed by atoms with Crippen molar-refractivity contribution in [3.05, 3.63) is 101 Å². The van der Waals surface area contributed by atoms with Crippen LogP contribution in [0.2, 0.25) is 10.4 Å². The lowest BCUT2D eigenvalue weighted by atomic mass is 10.2. The fourth-order valence-electron chi connectivity index (χ4n) is 4.08. The van der Waals surface area contributed by atoms with Gasteiger partial charge in [-0.05, 0) is 29.1 Å². The summed E-state index contributed by atoms with van der Waals surface area (Å²) in [6, 6.07) is 17.5. The second-order valence-corrected chi connectivity index (χ2v) is 9.01. The highest BCUT2D eigenvalue weighted by molar-refractivity contribution is 6.35. The molecule has 0 unspecified atom stereocenters. The van der Waals surface area contributed by atoms with E-state index in [9.17, 15) is 9.59 Å². The number of halogens is 2. The number of fused-ring (bicyclic) bond motifs is 1. The second kappa shape index (κ2) is 11.0. The van der Waals surface area contributed by atoms with E-state index in [-0.39, 0.29) is 29.7 Å². The molecule has 0 fully saturated rings. The maximum Gasteiger partial charge on any atom is 0.420 e. The summed E-state index contributed by atoms with van der Waals surface area (Å²) in [6.45, 7) is 0.0319. The molecule has 2 aromatic heterocycles. The summed E-state index contributed by atoms with van der Waals surface area (Å²) in [5, 5.41) is 0.135. The van der Waals surface area contributed by atoms with E-state index in [1.807, 2.05) is 66.7 Å². The Bertz CT molecular complexity index is 1390. The minimum Gasteiger partial charge on any atom is -0.444 e. The minimum atomic E-state index is -0.805. The summed E-state index contributed by atoms with van der Waals surface area (Å²) in [5.74, 6) is 0. The van der Waals surface area contributed by atoms with E-state index >= 15 is 0 Å². The molecule has 11 heteroatoms. The molecular weight excluding hydrogens is 517 g/mol. The smallest absolute Gasteiger partial charge is 0.420 e. The number of amides is 2. The van der Waals surface area contributed by atoms with Gasteiger partial charge in [-0.2, -0.15) is 4.98 Å².